The normalized spacial score (nSPS) is 28.3. The molecule has 0 saturated carbocycles. The number of nitrogens with one attached hydrogen (secondary N) is 1. The van der Waals surface area contributed by atoms with Gasteiger partial charge in [-0.1, -0.05) is 0 Å². The van der Waals surface area contributed by atoms with Crippen molar-refractivity contribution in [2.24, 2.45) is 5.92 Å². The Hall–Kier alpha value is -2.81. The van der Waals surface area contributed by atoms with E-state index in [4.69, 9.17) is 4.74 Å². The highest BCUT2D eigenvalue weighted by molar-refractivity contribution is 5.86. The van der Waals surface area contributed by atoms with Crippen LogP contribution in [0.5, 0.6) is 11.6 Å². The van der Waals surface area contributed by atoms with Crippen molar-refractivity contribution < 1.29 is 18.3 Å². The van der Waals surface area contributed by atoms with E-state index in [1.54, 1.807) is 12.3 Å². The maximum Gasteiger partial charge on any atom is 0.258 e. The van der Waals surface area contributed by atoms with Crippen molar-refractivity contribution in [3.05, 3.63) is 42.3 Å². The summed E-state index contributed by atoms with van der Waals surface area (Å²) in [5.41, 5.74) is -2.25. The lowest BCUT2D eigenvalue weighted by atomic mass is 9.78. The van der Waals surface area contributed by atoms with Crippen LogP contribution in [0.4, 0.5) is 14.7 Å². The summed E-state index contributed by atoms with van der Waals surface area (Å²) in [4.78, 5) is 26.1. The molecule has 1 atom stereocenters. The molecule has 4 aliphatic rings. The number of hydrogen-bond acceptors (Lipinski definition) is 6. The molecule has 2 bridgehead atoms. The third-order valence-corrected chi connectivity index (χ3v) is 7.73. The summed E-state index contributed by atoms with van der Waals surface area (Å²) in [7, 11) is 0. The fraction of sp³-hybridized carbons (Fsp3) is 0.560. The zero-order chi connectivity index (χ0) is 23.8. The Balaban J connectivity index is 1.21. The first-order chi connectivity index (χ1) is 16.3. The zero-order valence-electron chi connectivity index (χ0n) is 19.5. The Morgan fingerprint density at radius 2 is 1.76 bits per heavy atom. The Bertz CT molecular complexity index is 1020. The van der Waals surface area contributed by atoms with Gasteiger partial charge in [-0.05, 0) is 69.5 Å². The first-order valence-electron chi connectivity index (χ1n) is 12.1. The number of amides is 1. The Morgan fingerprint density at radius 3 is 2.47 bits per heavy atom. The van der Waals surface area contributed by atoms with Crippen molar-refractivity contribution in [3.63, 3.8) is 0 Å². The molecule has 4 fully saturated rings. The second-order valence-corrected chi connectivity index (χ2v) is 9.94. The first kappa shape index (κ1) is 23.0. The summed E-state index contributed by atoms with van der Waals surface area (Å²) in [6.45, 7) is 5.83. The van der Waals surface area contributed by atoms with Gasteiger partial charge < -0.3 is 19.9 Å². The molecule has 2 aromatic rings. The van der Waals surface area contributed by atoms with E-state index < -0.39 is 11.6 Å². The molecule has 34 heavy (non-hydrogen) atoms. The van der Waals surface area contributed by atoms with Gasteiger partial charge in [0.1, 0.15) is 11.6 Å². The Morgan fingerprint density at radius 1 is 1.06 bits per heavy atom. The van der Waals surface area contributed by atoms with E-state index in [0.717, 1.165) is 38.9 Å². The number of carbonyl (C=O) groups is 1. The average molecular weight is 472 g/mol. The van der Waals surface area contributed by atoms with Crippen molar-refractivity contribution in [1.82, 2.24) is 20.2 Å². The van der Waals surface area contributed by atoms with E-state index in [1.807, 2.05) is 4.90 Å². The number of piperidine rings is 2. The monoisotopic (exact) mass is 471 g/mol. The van der Waals surface area contributed by atoms with Crippen molar-refractivity contribution in [2.75, 3.05) is 37.6 Å². The van der Waals surface area contributed by atoms with E-state index in [-0.39, 0.29) is 24.2 Å². The van der Waals surface area contributed by atoms with Gasteiger partial charge in [-0.15, -0.1) is 0 Å². The minimum Gasteiger partial charge on any atom is -0.439 e. The fourth-order valence-corrected chi connectivity index (χ4v) is 5.38. The van der Waals surface area contributed by atoms with Gasteiger partial charge in [-0.25, -0.2) is 13.8 Å². The van der Waals surface area contributed by atoms with Gasteiger partial charge in [-0.2, -0.15) is 4.98 Å². The molecule has 1 amide bonds. The quantitative estimate of drug-likeness (QED) is 0.717. The average Bonchev–Trinajstić information content (AvgIpc) is 3.09. The van der Waals surface area contributed by atoms with Crippen LogP contribution in [0.15, 0.2) is 36.5 Å². The predicted molar refractivity (Wildman–Crippen MR) is 124 cm³/mol. The van der Waals surface area contributed by atoms with Crippen LogP contribution >= 0.6 is 0 Å². The van der Waals surface area contributed by atoms with Gasteiger partial charge in [0, 0.05) is 50.3 Å². The van der Waals surface area contributed by atoms with Crippen LogP contribution < -0.4 is 15.0 Å². The van der Waals surface area contributed by atoms with Crippen molar-refractivity contribution >= 4 is 11.9 Å². The first-order valence-corrected chi connectivity index (χ1v) is 12.1. The number of nitrogens with zero attached hydrogens (tertiary/aromatic N) is 4. The molecule has 4 aliphatic heterocycles. The highest BCUT2D eigenvalue weighted by Crippen LogP contribution is 2.37. The summed E-state index contributed by atoms with van der Waals surface area (Å²) in [6.07, 6.45) is 4.70. The number of ether oxygens (including phenoxy) is 1. The summed E-state index contributed by atoms with van der Waals surface area (Å²) in [5.74, 6) is 0.769. The lowest BCUT2D eigenvalue weighted by Gasteiger charge is -2.41. The summed E-state index contributed by atoms with van der Waals surface area (Å²) < 4.78 is 34.6. The van der Waals surface area contributed by atoms with Crippen LogP contribution in [0.2, 0.25) is 0 Å². The molecule has 1 aromatic heterocycles. The molecule has 1 N–H and O–H groups in total. The van der Waals surface area contributed by atoms with E-state index >= 15 is 4.39 Å². The second-order valence-electron chi connectivity index (χ2n) is 9.94. The van der Waals surface area contributed by atoms with E-state index in [0.29, 0.717) is 36.6 Å². The minimum atomic E-state index is -1.90. The minimum absolute atomic E-state index is 0.0815. The predicted octanol–water partition coefficient (Wildman–Crippen LogP) is 3.71. The molecule has 4 saturated heterocycles. The maximum atomic E-state index is 15.8. The topological polar surface area (TPSA) is 70.6 Å². The number of halogens is 2. The highest BCUT2D eigenvalue weighted by atomic mass is 19.1. The molecule has 6 rings (SSSR count). The van der Waals surface area contributed by atoms with Crippen molar-refractivity contribution in [2.45, 2.75) is 50.2 Å². The van der Waals surface area contributed by atoms with Crippen LogP contribution in [-0.4, -0.2) is 64.7 Å². The molecular formula is C25H31F2N5O2. The lowest BCUT2D eigenvalue weighted by molar-refractivity contribution is -0.137. The van der Waals surface area contributed by atoms with Crippen molar-refractivity contribution in [1.29, 1.82) is 0 Å². The number of alkyl halides is 1. The zero-order valence-corrected chi connectivity index (χ0v) is 19.5. The summed E-state index contributed by atoms with van der Waals surface area (Å²) in [6, 6.07) is 7.28. The summed E-state index contributed by atoms with van der Waals surface area (Å²) >= 11 is 0. The van der Waals surface area contributed by atoms with Crippen LogP contribution in [0, 0.1) is 11.7 Å². The van der Waals surface area contributed by atoms with Crippen LogP contribution in [0.1, 0.15) is 39.0 Å². The molecule has 9 heteroatoms. The molecular weight excluding hydrogens is 440 g/mol. The lowest BCUT2D eigenvalue weighted by Crippen LogP contribution is -2.59. The molecule has 182 valence electrons. The number of anilines is 1. The number of carbonyl (C=O) groups excluding carboxylic acids is 1. The smallest absolute Gasteiger partial charge is 0.258 e. The maximum absolute atomic E-state index is 15.8. The highest BCUT2D eigenvalue weighted by Gasteiger charge is 2.47. The van der Waals surface area contributed by atoms with Gasteiger partial charge in [0.05, 0.1) is 0 Å². The standard InChI is InChI=1S/C25H31F2N5O2/c1-24(9-15-31-13-7-18(24)8-14-31)30-22(33)25(27)10-16-32(17-11-25)23-28-12-6-21(29-23)34-20-4-2-19(26)3-5-20/h2-6,12,18H,7-11,13-17H2,1H3,(H,30,33). The van der Waals surface area contributed by atoms with Crippen LogP contribution in [-0.2, 0) is 4.79 Å². The number of rotatable bonds is 5. The third kappa shape index (κ3) is 4.71. The Labute approximate surface area is 198 Å². The largest absolute Gasteiger partial charge is 0.439 e. The molecule has 0 aliphatic carbocycles. The van der Waals surface area contributed by atoms with Gasteiger partial charge >= 0.3 is 0 Å². The second kappa shape index (κ2) is 9.09. The van der Waals surface area contributed by atoms with Crippen molar-refractivity contribution in [3.8, 4) is 11.6 Å². The van der Waals surface area contributed by atoms with Gasteiger partial charge in [0.2, 0.25) is 11.8 Å². The molecule has 0 radical (unpaired) electrons. The Kier molecular flexibility index (Phi) is 6.14. The number of hydrogen-bond donors (Lipinski definition) is 1. The van der Waals surface area contributed by atoms with Crippen LogP contribution in [0.25, 0.3) is 0 Å². The molecule has 0 spiro atoms. The van der Waals surface area contributed by atoms with Gasteiger partial charge in [0.15, 0.2) is 5.67 Å². The summed E-state index contributed by atoms with van der Waals surface area (Å²) in [5, 5.41) is 3.13. The fourth-order valence-electron chi connectivity index (χ4n) is 5.38. The molecule has 7 nitrogen and oxygen atoms in total. The van der Waals surface area contributed by atoms with Gasteiger partial charge in [-0.3, -0.25) is 4.79 Å². The molecule has 5 heterocycles. The molecule has 1 unspecified atom stereocenters. The van der Waals surface area contributed by atoms with E-state index in [2.05, 4.69) is 27.1 Å². The number of aromatic nitrogens is 2. The molecule has 1 aromatic carbocycles. The third-order valence-electron chi connectivity index (χ3n) is 7.73. The van der Waals surface area contributed by atoms with E-state index in [9.17, 15) is 9.18 Å². The van der Waals surface area contributed by atoms with E-state index in [1.165, 1.54) is 24.3 Å². The van der Waals surface area contributed by atoms with Crippen LogP contribution in [0.3, 0.4) is 0 Å². The number of fused-ring (bicyclic) bond motifs is 4. The number of benzene rings is 1. The SMILES string of the molecule is CC1(NC(=O)C2(F)CCN(c3nccc(Oc4ccc(F)cc4)n3)CC2)CCN2CCC1CC2. The van der Waals surface area contributed by atoms with Gasteiger partial charge in [0.25, 0.3) is 5.91 Å².